The Bertz CT molecular complexity index is 5920. The predicted molar refractivity (Wildman–Crippen MR) is 641 cm³/mol. The van der Waals surface area contributed by atoms with Crippen molar-refractivity contribution in [3.63, 3.8) is 0 Å². The summed E-state index contributed by atoms with van der Waals surface area (Å²) in [5.41, 5.74) is 4.19. The van der Waals surface area contributed by atoms with Crippen LogP contribution in [0.25, 0.3) is 86.2 Å². The van der Waals surface area contributed by atoms with Crippen molar-refractivity contribution in [1.29, 1.82) is 0 Å². The van der Waals surface area contributed by atoms with Gasteiger partial charge in [-0.3, -0.25) is 29.0 Å². The number of ether oxygens (including phenoxy) is 4. The van der Waals surface area contributed by atoms with Crippen molar-refractivity contribution in [3.8, 4) is 0 Å². The molecule has 4 atom stereocenters. The molecular formula is C100H129B24BrN4O12Sn3. The van der Waals surface area contributed by atoms with Gasteiger partial charge in [0.15, 0.2) is 0 Å². The molecule has 712 valence electrons. The molecule has 0 N–H and O–H groups in total. The van der Waals surface area contributed by atoms with Crippen molar-refractivity contribution in [1.82, 2.24) is 19.6 Å². The number of rotatable bonds is 50. The molecule has 5 aliphatic heterocycles. The summed E-state index contributed by atoms with van der Waals surface area (Å²) in [6, 6.07) is 23.6. The number of benzene rings is 10. The van der Waals surface area contributed by atoms with E-state index in [1.807, 2.05) is 70.2 Å². The zero-order valence-electron chi connectivity index (χ0n) is 88.4. The van der Waals surface area contributed by atoms with Crippen LogP contribution in [-0.2, 0) is 18.9 Å². The summed E-state index contributed by atoms with van der Waals surface area (Å²) in [4.78, 5) is 119. The number of carbonyl (C=O) groups excluding carboxylic acids is 8. The molecule has 4 unspecified atom stereocenters. The molecular weight excluding hydrogens is 2140 g/mol. The fraction of sp³-hybridized carbons (Fsp3) is 0.520. The Hall–Kier alpha value is -4.37. The van der Waals surface area contributed by atoms with Crippen LogP contribution in [0.2, 0.25) is 35.5 Å². The maximum absolute atomic E-state index is 14.7. The first-order valence-electron chi connectivity index (χ1n) is 53.2. The number of fused-ring (bicyclic) bond motifs is 3. The van der Waals surface area contributed by atoms with E-state index >= 15 is 0 Å². The molecule has 10 aromatic carbocycles. The number of hydrogen-bond donors (Lipinski definition) is 0. The van der Waals surface area contributed by atoms with Gasteiger partial charge in [0.05, 0.1) is 25.3 Å². The summed E-state index contributed by atoms with van der Waals surface area (Å²) >= 11 is -1.62. The Morgan fingerprint density at radius 2 is 0.514 bits per heavy atom. The Kier molecular flexibility index (Phi) is 45.7. The molecule has 15 rings (SSSR count). The second kappa shape index (κ2) is 54.9. The summed E-state index contributed by atoms with van der Waals surface area (Å²) in [5, 5.41) is 14.0. The van der Waals surface area contributed by atoms with Crippen LogP contribution in [0.4, 0.5) is 0 Å². The molecule has 16 nitrogen and oxygen atoms in total. The number of methoxy groups -OCH3 is 4. The normalized spacial score (nSPS) is 14.7. The van der Waals surface area contributed by atoms with Gasteiger partial charge in [0.2, 0.25) is 0 Å². The number of halogens is 1. The first kappa shape index (κ1) is 120. The van der Waals surface area contributed by atoms with Crippen LogP contribution in [0, 0.1) is 0 Å². The van der Waals surface area contributed by atoms with E-state index in [0.717, 1.165) is 110 Å². The molecule has 0 aliphatic carbocycles. The zero-order chi connectivity index (χ0) is 105. The van der Waals surface area contributed by atoms with Crippen LogP contribution >= 0.6 is 15.9 Å². The van der Waals surface area contributed by atoms with Crippen LogP contribution in [0.15, 0.2) is 83.3 Å². The van der Waals surface area contributed by atoms with E-state index < -0.39 is 128 Å². The maximum Gasteiger partial charge on any atom is 0 e. The average molecular weight is 2270 g/mol. The number of imide groups is 4. The number of nitrogens with zero attached hydrogens (tertiary/aromatic N) is 4. The minimum Gasteiger partial charge on any atom is 0 e. The van der Waals surface area contributed by atoms with E-state index in [2.05, 4.69) is 83.5 Å². The van der Waals surface area contributed by atoms with Crippen molar-refractivity contribution >= 4 is 385 Å². The molecule has 0 spiro atoms. The SMILES string of the molecule is CCC(COC)N1C(=O)c2ccc3c4ccc5c6c(cc(Br)c(c7ccc(c2c37)C1=O)c64)C(=O)N(C(CC)COC)C5=O.CCC[CH2][Sn]([CH2]CCC)[CH2]CCC.CCC[CH2][Sn]([CH2]CCC)[CH2]CCC.CCC[CH2][Sn]1([CH2]CCC)[c]2cc3c4c(ccc5c6ccc7c8c(c[c]1c(c2c45)c86)C(=O)N(C(CC)COC)C7=O)C(=O)N(C(CC)COC)C3=O.[B]B([B])B([B])B(B([B])[B])B(B(B([B])[B])B([B])[B])B(B([B])[B])B([B])[B]. The Morgan fingerprint density at radius 1 is 0.278 bits per heavy atom. The van der Waals surface area contributed by atoms with Gasteiger partial charge in [0.1, 0.15) is 0 Å². The fourth-order valence-electron chi connectivity index (χ4n) is 23.6. The molecule has 5 heterocycles. The number of hydrogen-bond acceptors (Lipinski definition) is 12. The Balaban J connectivity index is 0.000000190. The first-order chi connectivity index (χ1) is 69.0. The molecule has 8 amide bonds. The van der Waals surface area contributed by atoms with Crippen molar-refractivity contribution < 1.29 is 57.3 Å². The van der Waals surface area contributed by atoms with Gasteiger partial charge >= 0.3 is 489 Å². The summed E-state index contributed by atoms with van der Waals surface area (Å²) in [6.45, 7) is 27.4. The molecule has 0 saturated heterocycles. The van der Waals surface area contributed by atoms with Gasteiger partial charge in [-0.25, -0.2) is 0 Å². The summed E-state index contributed by atoms with van der Waals surface area (Å²) in [7, 11) is 82.6. The molecule has 0 aromatic heterocycles. The molecule has 0 fully saturated rings. The molecule has 144 heavy (non-hydrogen) atoms. The maximum atomic E-state index is 14.7. The van der Waals surface area contributed by atoms with E-state index in [4.69, 9.17) is 120 Å². The second-order valence-corrected chi connectivity index (χ2v) is 70.6. The third-order valence-corrected chi connectivity index (χ3v) is 64.9. The quantitative estimate of drug-likeness (QED) is 0.0152. The third-order valence-electron chi connectivity index (χ3n) is 31.1. The third kappa shape index (κ3) is 24.1. The summed E-state index contributed by atoms with van der Waals surface area (Å²) < 4.78 is 37.2. The van der Waals surface area contributed by atoms with Crippen LogP contribution < -0.4 is 7.16 Å². The monoisotopic (exact) mass is 2280 g/mol. The van der Waals surface area contributed by atoms with Gasteiger partial charge in [0.25, 0.3) is 23.6 Å². The van der Waals surface area contributed by atoms with Crippen molar-refractivity contribution in [2.75, 3.05) is 54.9 Å². The molecule has 44 heteroatoms. The van der Waals surface area contributed by atoms with E-state index in [9.17, 15) is 38.4 Å². The van der Waals surface area contributed by atoms with Gasteiger partial charge in [-0.15, -0.1) is 0 Å². The molecule has 5 aliphatic rings. The largest absolute Gasteiger partial charge is 0 e. The summed E-state index contributed by atoms with van der Waals surface area (Å²) in [6.07, 6.45) is 14.7. The van der Waals surface area contributed by atoms with Crippen LogP contribution in [0.3, 0.4) is 0 Å². The van der Waals surface area contributed by atoms with Gasteiger partial charge in [-0.05, 0) is 58.7 Å². The van der Waals surface area contributed by atoms with Crippen molar-refractivity contribution in [3.05, 3.63) is 128 Å². The first-order valence-corrected chi connectivity index (χ1v) is 73.0. The van der Waals surface area contributed by atoms with Crippen LogP contribution in [-0.4, -0.2) is 375 Å². The van der Waals surface area contributed by atoms with E-state index in [0.29, 0.717) is 85.4 Å². The summed E-state index contributed by atoms with van der Waals surface area (Å²) in [5.74, 6) is -2.40. The molecule has 28 radical (unpaired) electrons. The second-order valence-electron chi connectivity index (χ2n) is 40.5. The molecule has 10 aromatic rings. The minimum absolute atomic E-state index is 0.247. The predicted octanol–water partition coefficient (Wildman–Crippen LogP) is 14.4. The van der Waals surface area contributed by atoms with Crippen molar-refractivity contribution in [2.45, 2.75) is 271 Å². The van der Waals surface area contributed by atoms with E-state index in [-0.39, 0.29) is 97.9 Å². The van der Waals surface area contributed by atoms with Gasteiger partial charge in [-0.1, -0.05) is 48.0 Å². The van der Waals surface area contributed by atoms with E-state index in [1.54, 1.807) is 79.3 Å². The average Bonchev–Trinajstić information content (AvgIpc) is 1.51. The van der Waals surface area contributed by atoms with E-state index in [1.165, 1.54) is 104 Å². The number of unbranched alkanes of at least 4 members (excludes halogenated alkanes) is 8. The van der Waals surface area contributed by atoms with Gasteiger partial charge < -0.3 is 9.47 Å². The Labute approximate surface area is 907 Å². The van der Waals surface area contributed by atoms with Gasteiger partial charge in [0, 0.05) is 233 Å². The number of amides is 8. The van der Waals surface area contributed by atoms with Gasteiger partial charge in [-0.2, -0.15) is 0 Å². The van der Waals surface area contributed by atoms with Crippen LogP contribution in [0.5, 0.6) is 0 Å². The standard InChI is InChI=1S/C34H29BrN2O6.C34H28N2O6.8C4H9.B24.3Sn/c1-5-16(14-42-3)36-31(38)21-10-7-18-19-8-11-23-28-24(34(41)37(33(23)40)17(6-2)15-43-4)13-25(35)29(30(19)28)20-9-12-22(32(36)39)27(21)26(18)20;1-5-17(15-41-3)35-31(37)23-11-7-19-21-9-13-25-30-26(34(40)36(33(25)39)18(6-2)16-42-4)14-10-22(28(21)30)20-8-12-24(32(35)38)29(23)27(19)20;8*1-3-4-2;1-14(2)20(13)23(19(11)12)24(21(15(3)4)16(5)6)22(17(7)8)18(9)10;;;/h7-13,16-17H,5-6,14-15H2,1-4H3;7,9,11-14,17-18H,5-6,15-16H2,1-4H3;8*1,3-4H2,2H3;;;;. The number of carbonyl (C=O) groups is 8. The zero-order valence-corrected chi connectivity index (χ0v) is 98.5. The Morgan fingerprint density at radius 3 is 0.757 bits per heavy atom. The minimum atomic E-state index is -3.71. The smallest absolute Gasteiger partial charge is 0 e. The molecule has 0 bridgehead atoms. The van der Waals surface area contributed by atoms with Crippen LogP contribution in [0.1, 0.15) is 294 Å². The molecule has 0 saturated carbocycles. The fourth-order valence-corrected chi connectivity index (χ4v) is 59.8. The topological polar surface area (TPSA) is 186 Å². The van der Waals surface area contributed by atoms with Crippen molar-refractivity contribution in [2.24, 2.45) is 0 Å².